The van der Waals surface area contributed by atoms with E-state index >= 15 is 0 Å². The molecule has 0 unspecified atom stereocenters. The van der Waals surface area contributed by atoms with E-state index in [0.29, 0.717) is 10.5 Å². The molecule has 0 spiro atoms. The van der Waals surface area contributed by atoms with Crippen LogP contribution in [0.25, 0.3) is 0 Å². The lowest BCUT2D eigenvalue weighted by molar-refractivity contribution is -0.387. The number of oxime groups is 1. The molecule has 0 N–H and O–H groups in total. The number of hydrogen-bond donors (Lipinski definition) is 0. The average molecular weight is 268 g/mol. The largest absolute Gasteiger partial charge is 0.399 e. The standard InChI is InChI=1S/C12H16N2O3S/c1-12(2,3)18-11-6-5-9(8-13-17-4)7-10(11)14(15)16/h5-8H,1-4H3. The van der Waals surface area contributed by atoms with Crippen LogP contribution in [0.1, 0.15) is 26.3 Å². The van der Waals surface area contributed by atoms with Crippen LogP contribution in [0, 0.1) is 10.1 Å². The fraction of sp³-hybridized carbons (Fsp3) is 0.417. The van der Waals surface area contributed by atoms with Crippen LogP contribution in [0.4, 0.5) is 5.69 Å². The molecule has 6 heteroatoms. The van der Waals surface area contributed by atoms with Crippen LogP contribution >= 0.6 is 11.8 Å². The van der Waals surface area contributed by atoms with Gasteiger partial charge < -0.3 is 4.84 Å². The van der Waals surface area contributed by atoms with E-state index in [2.05, 4.69) is 9.99 Å². The van der Waals surface area contributed by atoms with E-state index in [9.17, 15) is 10.1 Å². The molecule has 0 aliphatic carbocycles. The number of benzene rings is 1. The fourth-order valence-electron chi connectivity index (χ4n) is 1.29. The molecule has 1 aromatic carbocycles. The van der Waals surface area contributed by atoms with Gasteiger partial charge >= 0.3 is 0 Å². The summed E-state index contributed by atoms with van der Waals surface area (Å²) in [4.78, 5) is 15.9. The highest BCUT2D eigenvalue weighted by atomic mass is 32.2. The lowest BCUT2D eigenvalue weighted by Gasteiger charge is -2.17. The molecule has 5 nitrogen and oxygen atoms in total. The van der Waals surface area contributed by atoms with Gasteiger partial charge in [-0.15, -0.1) is 11.8 Å². The minimum absolute atomic E-state index is 0.0765. The summed E-state index contributed by atoms with van der Waals surface area (Å²) in [7, 11) is 1.43. The Morgan fingerprint density at radius 3 is 2.61 bits per heavy atom. The number of nitrogens with zero attached hydrogens (tertiary/aromatic N) is 2. The number of nitro benzene ring substituents is 1. The van der Waals surface area contributed by atoms with Crippen LogP contribution in [-0.4, -0.2) is 23.0 Å². The highest BCUT2D eigenvalue weighted by Gasteiger charge is 2.20. The Morgan fingerprint density at radius 1 is 1.44 bits per heavy atom. The molecule has 0 saturated heterocycles. The van der Waals surface area contributed by atoms with Gasteiger partial charge in [-0.3, -0.25) is 10.1 Å². The maximum absolute atomic E-state index is 11.1. The summed E-state index contributed by atoms with van der Waals surface area (Å²) >= 11 is 1.47. The van der Waals surface area contributed by atoms with Crippen molar-refractivity contribution in [3.63, 3.8) is 0 Å². The second-order valence-electron chi connectivity index (χ2n) is 4.62. The Balaban J connectivity index is 3.12. The van der Waals surface area contributed by atoms with Gasteiger partial charge in [0.25, 0.3) is 5.69 Å². The Labute approximate surface area is 110 Å². The van der Waals surface area contributed by atoms with Gasteiger partial charge in [-0.05, 0) is 6.07 Å². The van der Waals surface area contributed by atoms with Crippen molar-refractivity contribution in [1.29, 1.82) is 0 Å². The van der Waals surface area contributed by atoms with E-state index in [-0.39, 0.29) is 15.4 Å². The van der Waals surface area contributed by atoms with E-state index < -0.39 is 0 Å². The van der Waals surface area contributed by atoms with Crippen LogP contribution in [0.2, 0.25) is 0 Å². The summed E-state index contributed by atoms with van der Waals surface area (Å²) < 4.78 is -0.0765. The van der Waals surface area contributed by atoms with Gasteiger partial charge in [0.15, 0.2) is 0 Å². The highest BCUT2D eigenvalue weighted by molar-refractivity contribution is 8.00. The van der Waals surface area contributed by atoms with Crippen molar-refractivity contribution in [3.05, 3.63) is 33.9 Å². The molecule has 0 bridgehead atoms. The zero-order chi connectivity index (χ0) is 13.8. The van der Waals surface area contributed by atoms with Crippen LogP contribution in [0.15, 0.2) is 28.3 Å². The molecule has 0 atom stereocenters. The summed E-state index contributed by atoms with van der Waals surface area (Å²) in [5.74, 6) is 0. The molecule has 0 aliphatic heterocycles. The number of thioether (sulfide) groups is 1. The summed E-state index contributed by atoms with van der Waals surface area (Å²) in [5.41, 5.74) is 0.733. The molecule has 18 heavy (non-hydrogen) atoms. The molecular weight excluding hydrogens is 252 g/mol. The quantitative estimate of drug-likeness (QED) is 0.363. The van der Waals surface area contributed by atoms with Crippen molar-refractivity contribution in [3.8, 4) is 0 Å². The van der Waals surface area contributed by atoms with Crippen LogP contribution < -0.4 is 0 Å². The minimum atomic E-state index is -0.377. The molecule has 0 saturated carbocycles. The molecular formula is C12H16N2O3S. The molecule has 98 valence electrons. The second kappa shape index (κ2) is 5.86. The third-order valence-electron chi connectivity index (χ3n) is 1.90. The van der Waals surface area contributed by atoms with Gasteiger partial charge in [-0.1, -0.05) is 32.0 Å². The summed E-state index contributed by atoms with van der Waals surface area (Å²) in [5, 5.41) is 14.6. The number of hydrogen-bond acceptors (Lipinski definition) is 5. The molecule has 0 radical (unpaired) electrons. The number of rotatable bonds is 4. The van der Waals surface area contributed by atoms with Gasteiger partial charge in [-0.25, -0.2) is 0 Å². The summed E-state index contributed by atoms with van der Waals surface area (Å²) in [6.07, 6.45) is 1.44. The zero-order valence-corrected chi connectivity index (χ0v) is 11.7. The average Bonchev–Trinajstić information content (AvgIpc) is 2.25. The molecule has 0 fully saturated rings. The van der Waals surface area contributed by atoms with E-state index in [0.717, 1.165) is 0 Å². The Hall–Kier alpha value is -1.56. The van der Waals surface area contributed by atoms with Crippen molar-refractivity contribution in [2.45, 2.75) is 30.4 Å². The molecule has 0 heterocycles. The van der Waals surface area contributed by atoms with E-state index in [1.165, 1.54) is 31.2 Å². The molecule has 1 aromatic rings. The first-order valence-corrected chi connectivity index (χ1v) is 6.19. The van der Waals surface area contributed by atoms with Crippen molar-refractivity contribution in [2.24, 2.45) is 5.16 Å². The predicted molar refractivity (Wildman–Crippen MR) is 73.3 cm³/mol. The first kappa shape index (κ1) is 14.5. The highest BCUT2D eigenvalue weighted by Crippen LogP contribution is 2.37. The number of nitro groups is 1. The summed E-state index contributed by atoms with van der Waals surface area (Å²) in [6, 6.07) is 5.02. The monoisotopic (exact) mass is 268 g/mol. The maximum atomic E-state index is 11.1. The van der Waals surface area contributed by atoms with Crippen LogP contribution in [0.5, 0.6) is 0 Å². The van der Waals surface area contributed by atoms with Crippen molar-refractivity contribution in [2.75, 3.05) is 7.11 Å². The van der Waals surface area contributed by atoms with Crippen molar-refractivity contribution < 1.29 is 9.76 Å². The van der Waals surface area contributed by atoms with Gasteiger partial charge in [0.2, 0.25) is 0 Å². The van der Waals surface area contributed by atoms with E-state index in [4.69, 9.17) is 0 Å². The van der Waals surface area contributed by atoms with E-state index in [1.807, 2.05) is 20.8 Å². The lowest BCUT2D eigenvalue weighted by Crippen LogP contribution is -2.07. The third-order valence-corrected chi connectivity index (χ3v) is 3.08. The lowest BCUT2D eigenvalue weighted by atomic mass is 10.2. The minimum Gasteiger partial charge on any atom is -0.399 e. The molecule has 0 aliphatic rings. The van der Waals surface area contributed by atoms with Gasteiger partial charge in [0.05, 0.1) is 16.0 Å². The fourth-order valence-corrected chi connectivity index (χ4v) is 2.32. The van der Waals surface area contributed by atoms with Crippen molar-refractivity contribution in [1.82, 2.24) is 0 Å². The third kappa shape index (κ3) is 4.37. The first-order valence-electron chi connectivity index (χ1n) is 5.37. The van der Waals surface area contributed by atoms with Gasteiger partial charge in [0.1, 0.15) is 7.11 Å². The van der Waals surface area contributed by atoms with E-state index in [1.54, 1.807) is 12.1 Å². The Morgan fingerprint density at radius 2 is 2.11 bits per heavy atom. The Bertz CT molecular complexity index is 467. The Kier molecular flexibility index (Phi) is 4.72. The topological polar surface area (TPSA) is 64.7 Å². The van der Waals surface area contributed by atoms with Crippen LogP contribution in [0.3, 0.4) is 0 Å². The normalized spacial score (nSPS) is 11.8. The van der Waals surface area contributed by atoms with Gasteiger partial charge in [0, 0.05) is 16.4 Å². The molecule has 0 amide bonds. The maximum Gasteiger partial charge on any atom is 0.283 e. The molecule has 0 aromatic heterocycles. The van der Waals surface area contributed by atoms with Crippen LogP contribution in [-0.2, 0) is 4.84 Å². The molecule has 1 rings (SSSR count). The van der Waals surface area contributed by atoms with Gasteiger partial charge in [-0.2, -0.15) is 0 Å². The predicted octanol–water partition coefficient (Wildman–Crippen LogP) is 3.47. The summed E-state index contributed by atoms with van der Waals surface area (Å²) in [6.45, 7) is 6.05. The SMILES string of the molecule is CON=Cc1ccc(SC(C)(C)C)c([N+](=O)[O-])c1. The first-order chi connectivity index (χ1) is 8.33. The van der Waals surface area contributed by atoms with Crippen molar-refractivity contribution >= 4 is 23.7 Å². The zero-order valence-electron chi connectivity index (χ0n) is 10.8. The smallest absolute Gasteiger partial charge is 0.283 e. The second-order valence-corrected chi connectivity index (χ2v) is 6.48.